The third-order valence-electron chi connectivity index (χ3n) is 3.32. The molecule has 0 amide bonds. The highest BCUT2D eigenvalue weighted by molar-refractivity contribution is 7.80. The van der Waals surface area contributed by atoms with Crippen LogP contribution in [0.25, 0.3) is 0 Å². The van der Waals surface area contributed by atoms with Crippen LogP contribution in [0.15, 0.2) is 0 Å². The Morgan fingerprint density at radius 1 is 1.27 bits per heavy atom. The van der Waals surface area contributed by atoms with Crippen molar-refractivity contribution < 1.29 is 4.74 Å². The number of hydrogen-bond acceptors (Lipinski definition) is 2. The Morgan fingerprint density at radius 3 is 2.47 bits per heavy atom. The molecule has 0 unspecified atom stereocenters. The van der Waals surface area contributed by atoms with Crippen molar-refractivity contribution >= 4 is 17.4 Å². The Kier molecular flexibility index (Phi) is 5.37. The molecule has 1 fully saturated rings. The topological polar surface area (TPSA) is 35.2 Å². The van der Waals surface area contributed by atoms with Gasteiger partial charge in [-0.1, -0.05) is 26.2 Å². The quantitative estimate of drug-likeness (QED) is 0.578. The third-order valence-corrected chi connectivity index (χ3v) is 3.40. The Hall–Kier alpha value is -0.310. The minimum Gasteiger partial charge on any atom is -0.465 e. The highest BCUT2D eigenvalue weighted by Crippen LogP contribution is 2.35. The maximum atomic E-state index is 5.73. The minimum atomic E-state index is -0.0146. The number of ether oxygens (including phenoxy) is 1. The molecule has 0 aromatic carbocycles. The van der Waals surface area contributed by atoms with E-state index in [4.69, 9.17) is 22.7 Å². The van der Waals surface area contributed by atoms with Gasteiger partial charge in [0, 0.05) is 0 Å². The van der Waals surface area contributed by atoms with Gasteiger partial charge in [-0.25, -0.2) is 0 Å². The fourth-order valence-corrected chi connectivity index (χ4v) is 2.69. The van der Waals surface area contributed by atoms with Gasteiger partial charge in [-0.05, 0) is 50.7 Å². The molecule has 1 aliphatic carbocycles. The van der Waals surface area contributed by atoms with Crippen LogP contribution < -0.4 is 5.73 Å². The first-order chi connectivity index (χ1) is 7.18. The van der Waals surface area contributed by atoms with Gasteiger partial charge in [0.05, 0.1) is 0 Å². The van der Waals surface area contributed by atoms with E-state index in [0.717, 1.165) is 19.3 Å². The summed E-state index contributed by atoms with van der Waals surface area (Å²) in [5.74, 6) is 0. The second-order valence-electron chi connectivity index (χ2n) is 4.62. The molecule has 15 heavy (non-hydrogen) atoms. The van der Waals surface area contributed by atoms with E-state index in [-0.39, 0.29) is 10.8 Å². The van der Waals surface area contributed by atoms with E-state index >= 15 is 0 Å². The summed E-state index contributed by atoms with van der Waals surface area (Å²) >= 11 is 4.88. The van der Waals surface area contributed by atoms with Gasteiger partial charge >= 0.3 is 0 Å². The van der Waals surface area contributed by atoms with Gasteiger partial charge in [0.2, 0.25) is 0 Å². The fraction of sp³-hybridized carbons (Fsp3) is 0.917. The van der Waals surface area contributed by atoms with Gasteiger partial charge in [0.25, 0.3) is 5.17 Å². The molecule has 1 aliphatic rings. The second kappa shape index (κ2) is 6.31. The maximum Gasteiger partial charge on any atom is 0.254 e. The highest BCUT2D eigenvalue weighted by atomic mass is 32.1. The molecule has 3 heteroatoms. The van der Waals surface area contributed by atoms with Crippen LogP contribution in [0.4, 0.5) is 0 Å². The molecule has 0 heterocycles. The molecule has 1 rings (SSSR count). The van der Waals surface area contributed by atoms with Gasteiger partial charge in [-0.3, -0.25) is 0 Å². The van der Waals surface area contributed by atoms with Crippen LogP contribution in [0, 0.1) is 0 Å². The SMILES string of the molecule is CCCCCC1(OC(N)=S)CCCCC1. The number of unbranched alkanes of at least 4 members (excludes halogenated alkanes) is 2. The van der Waals surface area contributed by atoms with Gasteiger partial charge < -0.3 is 10.5 Å². The zero-order valence-corrected chi connectivity index (χ0v) is 10.6. The van der Waals surface area contributed by atoms with Crippen LogP contribution in [0.3, 0.4) is 0 Å². The van der Waals surface area contributed by atoms with Crippen LogP contribution in [-0.4, -0.2) is 10.8 Å². The van der Waals surface area contributed by atoms with Crippen molar-refractivity contribution in [3.05, 3.63) is 0 Å². The monoisotopic (exact) mass is 229 g/mol. The van der Waals surface area contributed by atoms with Crippen molar-refractivity contribution in [1.82, 2.24) is 0 Å². The van der Waals surface area contributed by atoms with Crippen molar-refractivity contribution in [2.24, 2.45) is 5.73 Å². The Labute approximate surface area is 98.6 Å². The molecule has 0 saturated heterocycles. The summed E-state index contributed by atoms with van der Waals surface area (Å²) in [5, 5.41) is 0.230. The average molecular weight is 229 g/mol. The van der Waals surface area contributed by atoms with E-state index in [9.17, 15) is 0 Å². The summed E-state index contributed by atoms with van der Waals surface area (Å²) in [7, 11) is 0. The van der Waals surface area contributed by atoms with Crippen LogP contribution in [0.2, 0.25) is 0 Å². The van der Waals surface area contributed by atoms with Gasteiger partial charge in [0.15, 0.2) is 0 Å². The summed E-state index contributed by atoms with van der Waals surface area (Å²) in [6.45, 7) is 2.22. The van der Waals surface area contributed by atoms with Crippen LogP contribution >= 0.6 is 12.2 Å². The van der Waals surface area contributed by atoms with E-state index < -0.39 is 0 Å². The standard InChI is InChI=1S/C12H23NOS/c1-2-3-5-8-12(14-11(13)15)9-6-4-7-10-12/h2-10H2,1H3,(H2,13,15). The van der Waals surface area contributed by atoms with E-state index in [1.165, 1.54) is 38.5 Å². The summed E-state index contributed by atoms with van der Waals surface area (Å²) in [5.41, 5.74) is 5.51. The zero-order chi connectivity index (χ0) is 11.1. The van der Waals surface area contributed by atoms with Crippen molar-refractivity contribution in [2.75, 3.05) is 0 Å². The first-order valence-corrected chi connectivity index (χ1v) is 6.58. The lowest BCUT2D eigenvalue weighted by atomic mass is 9.81. The molecule has 88 valence electrons. The molecule has 0 spiro atoms. The Morgan fingerprint density at radius 2 is 1.93 bits per heavy atom. The normalized spacial score (nSPS) is 19.8. The van der Waals surface area contributed by atoms with Crippen LogP contribution in [0.5, 0.6) is 0 Å². The number of hydrogen-bond donors (Lipinski definition) is 1. The fourth-order valence-electron chi connectivity index (χ4n) is 2.51. The lowest BCUT2D eigenvalue weighted by Gasteiger charge is -2.37. The molecule has 0 aromatic rings. The van der Waals surface area contributed by atoms with E-state index in [1.807, 2.05) is 0 Å². The van der Waals surface area contributed by atoms with E-state index in [0.29, 0.717) is 0 Å². The summed E-state index contributed by atoms with van der Waals surface area (Å²) in [6, 6.07) is 0. The summed E-state index contributed by atoms with van der Waals surface area (Å²) in [4.78, 5) is 0. The van der Waals surface area contributed by atoms with Crippen LogP contribution in [-0.2, 0) is 4.74 Å². The van der Waals surface area contributed by atoms with E-state index in [1.54, 1.807) is 0 Å². The van der Waals surface area contributed by atoms with Gasteiger partial charge in [-0.15, -0.1) is 0 Å². The van der Waals surface area contributed by atoms with Crippen molar-refractivity contribution in [1.29, 1.82) is 0 Å². The predicted octanol–water partition coefficient (Wildman–Crippen LogP) is 3.53. The van der Waals surface area contributed by atoms with Crippen molar-refractivity contribution in [2.45, 2.75) is 70.3 Å². The highest BCUT2D eigenvalue weighted by Gasteiger charge is 2.33. The first kappa shape index (κ1) is 12.8. The zero-order valence-electron chi connectivity index (χ0n) is 9.76. The molecule has 0 atom stereocenters. The molecular weight excluding hydrogens is 206 g/mol. The number of rotatable bonds is 5. The lowest BCUT2D eigenvalue weighted by molar-refractivity contribution is 0.00964. The molecule has 0 aromatic heterocycles. The number of nitrogens with two attached hydrogens (primary N) is 1. The molecule has 0 bridgehead atoms. The number of thiocarbonyl (C=S) groups is 1. The molecule has 0 radical (unpaired) electrons. The molecule has 2 nitrogen and oxygen atoms in total. The third kappa shape index (κ3) is 4.37. The Bertz CT molecular complexity index is 200. The smallest absolute Gasteiger partial charge is 0.254 e. The maximum absolute atomic E-state index is 5.73. The van der Waals surface area contributed by atoms with Crippen molar-refractivity contribution in [3.63, 3.8) is 0 Å². The van der Waals surface area contributed by atoms with E-state index in [2.05, 4.69) is 6.92 Å². The summed E-state index contributed by atoms with van der Waals surface area (Å²) < 4.78 is 5.73. The first-order valence-electron chi connectivity index (χ1n) is 6.17. The largest absolute Gasteiger partial charge is 0.465 e. The minimum absolute atomic E-state index is 0.0146. The van der Waals surface area contributed by atoms with Crippen molar-refractivity contribution in [3.8, 4) is 0 Å². The second-order valence-corrected chi connectivity index (χ2v) is 5.02. The molecule has 2 N–H and O–H groups in total. The molecular formula is C12H23NOS. The molecule has 0 aliphatic heterocycles. The van der Waals surface area contributed by atoms with Gasteiger partial charge in [0.1, 0.15) is 5.60 Å². The lowest BCUT2D eigenvalue weighted by Crippen LogP contribution is -2.39. The average Bonchev–Trinajstić information content (AvgIpc) is 2.18. The Balaban J connectivity index is 2.46. The summed E-state index contributed by atoms with van der Waals surface area (Å²) in [6.07, 6.45) is 11.0. The predicted molar refractivity (Wildman–Crippen MR) is 67.8 cm³/mol. The molecule has 1 saturated carbocycles. The van der Waals surface area contributed by atoms with Gasteiger partial charge in [-0.2, -0.15) is 0 Å². The van der Waals surface area contributed by atoms with Crippen LogP contribution in [0.1, 0.15) is 64.7 Å².